The highest BCUT2D eigenvalue weighted by molar-refractivity contribution is 6.31. The van der Waals surface area contributed by atoms with E-state index in [-0.39, 0.29) is 11.3 Å². The first-order valence-electron chi connectivity index (χ1n) is 7.47. The minimum atomic E-state index is -1.03. The summed E-state index contributed by atoms with van der Waals surface area (Å²) in [5, 5.41) is 12.4. The van der Waals surface area contributed by atoms with Crippen molar-refractivity contribution in [1.29, 1.82) is 0 Å². The fraction of sp³-hybridized carbons (Fsp3) is 0.222. The van der Waals surface area contributed by atoms with Gasteiger partial charge in [-0.3, -0.25) is 4.79 Å². The van der Waals surface area contributed by atoms with Crippen LogP contribution in [0.4, 0.5) is 5.69 Å². The van der Waals surface area contributed by atoms with Gasteiger partial charge in [0, 0.05) is 11.1 Å². The first-order chi connectivity index (χ1) is 11.8. The Labute approximate surface area is 150 Å². The van der Waals surface area contributed by atoms with Crippen LogP contribution in [-0.4, -0.2) is 30.2 Å². The molecule has 0 saturated heterocycles. The summed E-state index contributed by atoms with van der Waals surface area (Å²) < 4.78 is 10.3. The molecule has 0 saturated carbocycles. The van der Waals surface area contributed by atoms with E-state index in [1.54, 1.807) is 19.1 Å². The number of ether oxygens (including phenoxy) is 2. The van der Waals surface area contributed by atoms with E-state index in [2.05, 4.69) is 5.32 Å². The zero-order chi connectivity index (χ0) is 18.6. The highest BCUT2D eigenvalue weighted by Crippen LogP contribution is 2.31. The second-order valence-corrected chi connectivity index (χ2v) is 5.79. The number of aryl methyl sites for hydroxylation is 1. The monoisotopic (exact) mass is 363 g/mol. The number of carbonyl (C=O) groups excluding carboxylic acids is 2. The van der Waals surface area contributed by atoms with E-state index in [9.17, 15) is 14.7 Å². The second-order valence-electron chi connectivity index (χ2n) is 5.39. The van der Waals surface area contributed by atoms with E-state index in [0.29, 0.717) is 16.5 Å². The lowest BCUT2D eigenvalue weighted by molar-refractivity contribution is -0.123. The number of anilines is 1. The summed E-state index contributed by atoms with van der Waals surface area (Å²) in [6.45, 7) is 3.26. The minimum absolute atomic E-state index is 0.0348. The molecule has 1 atom stereocenters. The fourth-order valence-electron chi connectivity index (χ4n) is 2.04. The van der Waals surface area contributed by atoms with Gasteiger partial charge in [-0.1, -0.05) is 11.6 Å². The Morgan fingerprint density at radius 2 is 1.84 bits per heavy atom. The van der Waals surface area contributed by atoms with Gasteiger partial charge in [0.25, 0.3) is 5.91 Å². The van der Waals surface area contributed by atoms with E-state index in [1.165, 1.54) is 38.3 Å². The Morgan fingerprint density at radius 1 is 1.20 bits per heavy atom. The highest BCUT2D eigenvalue weighted by Gasteiger charge is 2.20. The van der Waals surface area contributed by atoms with E-state index in [0.717, 1.165) is 5.56 Å². The maximum atomic E-state index is 12.3. The third kappa shape index (κ3) is 4.64. The van der Waals surface area contributed by atoms with Crippen molar-refractivity contribution in [2.24, 2.45) is 0 Å². The van der Waals surface area contributed by atoms with Crippen molar-refractivity contribution in [2.75, 3.05) is 12.4 Å². The third-order valence-corrected chi connectivity index (χ3v) is 3.90. The molecule has 0 heterocycles. The maximum Gasteiger partial charge on any atom is 0.338 e. The molecule has 0 aromatic heterocycles. The number of carbonyl (C=O) groups is 2. The van der Waals surface area contributed by atoms with Crippen molar-refractivity contribution < 1.29 is 24.2 Å². The van der Waals surface area contributed by atoms with Crippen LogP contribution in [-0.2, 0) is 9.53 Å². The van der Waals surface area contributed by atoms with Gasteiger partial charge in [-0.15, -0.1) is 0 Å². The van der Waals surface area contributed by atoms with Gasteiger partial charge in [0.15, 0.2) is 6.10 Å². The van der Waals surface area contributed by atoms with Crippen LogP contribution in [0.15, 0.2) is 36.4 Å². The number of phenols is 1. The Hall–Kier alpha value is -2.73. The molecule has 7 heteroatoms. The Balaban J connectivity index is 2.06. The van der Waals surface area contributed by atoms with Gasteiger partial charge in [-0.2, -0.15) is 0 Å². The van der Waals surface area contributed by atoms with Crippen molar-refractivity contribution in [3.8, 4) is 11.5 Å². The van der Waals surface area contributed by atoms with E-state index in [1.807, 2.05) is 0 Å². The molecule has 0 aliphatic rings. The van der Waals surface area contributed by atoms with Crippen molar-refractivity contribution in [3.05, 3.63) is 52.5 Å². The van der Waals surface area contributed by atoms with Gasteiger partial charge in [-0.05, 0) is 49.7 Å². The van der Waals surface area contributed by atoms with E-state index in [4.69, 9.17) is 21.1 Å². The molecular formula is C18H18ClNO5. The van der Waals surface area contributed by atoms with Gasteiger partial charge in [-0.25, -0.2) is 4.79 Å². The molecule has 2 rings (SSSR count). The summed E-state index contributed by atoms with van der Waals surface area (Å²) in [6, 6.07) is 8.82. The molecule has 2 N–H and O–H groups in total. The summed E-state index contributed by atoms with van der Waals surface area (Å²) in [4.78, 5) is 24.3. The number of benzene rings is 2. The lowest BCUT2D eigenvalue weighted by atomic mass is 10.2. The van der Waals surface area contributed by atoms with Crippen LogP contribution < -0.4 is 10.1 Å². The number of hydrogen-bond acceptors (Lipinski definition) is 5. The number of nitrogens with one attached hydrogen (secondary N) is 1. The van der Waals surface area contributed by atoms with Crippen molar-refractivity contribution in [1.82, 2.24) is 0 Å². The minimum Gasteiger partial charge on any atom is -0.508 e. The van der Waals surface area contributed by atoms with Gasteiger partial charge in [0.2, 0.25) is 0 Å². The highest BCUT2D eigenvalue weighted by atomic mass is 35.5. The first-order valence-corrected chi connectivity index (χ1v) is 7.84. The van der Waals surface area contributed by atoms with Crippen LogP contribution in [0.2, 0.25) is 5.02 Å². The van der Waals surface area contributed by atoms with Crippen molar-refractivity contribution in [2.45, 2.75) is 20.0 Å². The smallest absolute Gasteiger partial charge is 0.338 e. The zero-order valence-electron chi connectivity index (χ0n) is 14.0. The molecule has 0 radical (unpaired) electrons. The lowest BCUT2D eigenvalue weighted by Crippen LogP contribution is -2.30. The molecule has 1 unspecified atom stereocenters. The average molecular weight is 364 g/mol. The molecule has 2 aromatic carbocycles. The number of halogens is 1. The summed E-state index contributed by atoms with van der Waals surface area (Å²) in [6.07, 6.45) is -1.03. The topological polar surface area (TPSA) is 84.9 Å². The zero-order valence-corrected chi connectivity index (χ0v) is 14.8. The first kappa shape index (κ1) is 18.6. The van der Waals surface area contributed by atoms with E-state index >= 15 is 0 Å². The number of methoxy groups -OCH3 is 1. The molecule has 0 spiro atoms. The van der Waals surface area contributed by atoms with Crippen LogP contribution in [0.5, 0.6) is 11.5 Å². The number of rotatable bonds is 5. The SMILES string of the molecule is COc1cc(Cl)c(C)cc1NC(=O)C(C)OC(=O)c1ccc(O)cc1. The number of amides is 1. The van der Waals surface area contributed by atoms with Gasteiger partial charge in [0.05, 0.1) is 18.4 Å². The van der Waals surface area contributed by atoms with Crippen LogP contribution in [0.1, 0.15) is 22.8 Å². The molecule has 132 valence electrons. The summed E-state index contributed by atoms with van der Waals surface area (Å²) in [5.41, 5.74) is 1.44. The van der Waals surface area contributed by atoms with Crippen molar-refractivity contribution >= 4 is 29.2 Å². The molecule has 0 aliphatic heterocycles. The van der Waals surface area contributed by atoms with Crippen LogP contribution in [0, 0.1) is 6.92 Å². The van der Waals surface area contributed by atoms with Gasteiger partial charge < -0.3 is 19.9 Å². The van der Waals surface area contributed by atoms with Crippen LogP contribution in [0.3, 0.4) is 0 Å². The molecule has 6 nitrogen and oxygen atoms in total. The standard InChI is InChI=1S/C18H18ClNO5/c1-10-8-15(16(24-3)9-14(10)19)20-17(22)11(2)25-18(23)12-4-6-13(21)7-5-12/h4-9,11,21H,1-3H3,(H,20,22). The third-order valence-electron chi connectivity index (χ3n) is 3.49. The van der Waals surface area contributed by atoms with Crippen molar-refractivity contribution in [3.63, 3.8) is 0 Å². The quantitative estimate of drug-likeness (QED) is 0.793. The van der Waals surface area contributed by atoms with E-state index < -0.39 is 18.0 Å². The molecule has 0 fully saturated rings. The Morgan fingerprint density at radius 3 is 2.44 bits per heavy atom. The molecule has 0 bridgehead atoms. The average Bonchev–Trinajstić information content (AvgIpc) is 2.58. The van der Waals surface area contributed by atoms with Gasteiger partial charge >= 0.3 is 5.97 Å². The normalized spacial score (nSPS) is 11.5. The molecule has 2 aromatic rings. The maximum absolute atomic E-state index is 12.3. The lowest BCUT2D eigenvalue weighted by Gasteiger charge is -2.16. The number of aromatic hydroxyl groups is 1. The largest absolute Gasteiger partial charge is 0.508 e. The van der Waals surface area contributed by atoms with Crippen LogP contribution >= 0.6 is 11.6 Å². The van der Waals surface area contributed by atoms with Crippen LogP contribution in [0.25, 0.3) is 0 Å². The Kier molecular flexibility index (Phi) is 5.88. The number of phenolic OH excluding ortho intramolecular Hbond substituents is 1. The molecule has 1 amide bonds. The Bertz CT molecular complexity index is 789. The molecule has 25 heavy (non-hydrogen) atoms. The molecular weight excluding hydrogens is 346 g/mol. The number of hydrogen-bond donors (Lipinski definition) is 2. The number of esters is 1. The second kappa shape index (κ2) is 7.90. The summed E-state index contributed by atoms with van der Waals surface area (Å²) >= 11 is 6.03. The molecule has 0 aliphatic carbocycles. The summed E-state index contributed by atoms with van der Waals surface area (Å²) in [7, 11) is 1.46. The predicted molar refractivity (Wildman–Crippen MR) is 94.4 cm³/mol. The fourth-order valence-corrected chi connectivity index (χ4v) is 2.20. The predicted octanol–water partition coefficient (Wildman–Crippen LogP) is 3.55. The van der Waals surface area contributed by atoms with Gasteiger partial charge in [0.1, 0.15) is 11.5 Å². The summed E-state index contributed by atoms with van der Waals surface area (Å²) in [5.74, 6) is -0.734.